The van der Waals surface area contributed by atoms with Gasteiger partial charge in [-0.3, -0.25) is 0 Å². The first kappa shape index (κ1) is 27.9. The lowest BCUT2D eigenvalue weighted by Crippen LogP contribution is -2.35. The molecule has 0 radical (unpaired) electrons. The van der Waals surface area contributed by atoms with Crippen molar-refractivity contribution in [3.8, 4) is 5.75 Å². The van der Waals surface area contributed by atoms with Crippen LogP contribution in [0.1, 0.15) is 26.7 Å². The first-order valence-corrected chi connectivity index (χ1v) is 14.2. The molecule has 10 nitrogen and oxygen atoms in total. The van der Waals surface area contributed by atoms with E-state index in [0.29, 0.717) is 17.1 Å². The Balaban J connectivity index is 1.61. The molecule has 1 fully saturated rings. The Morgan fingerprint density at radius 3 is 2.50 bits per heavy atom. The van der Waals surface area contributed by atoms with E-state index in [-0.39, 0.29) is 33.9 Å². The predicted molar refractivity (Wildman–Crippen MR) is 151 cm³/mol. The quantitative estimate of drug-likeness (QED) is 0.344. The molecule has 204 valence electrons. The van der Waals surface area contributed by atoms with Crippen LogP contribution < -0.4 is 20.3 Å². The Morgan fingerprint density at radius 2 is 1.82 bits per heavy atom. The summed E-state index contributed by atoms with van der Waals surface area (Å²) in [6, 6.07) is 12.4. The van der Waals surface area contributed by atoms with Crippen molar-refractivity contribution in [3.63, 3.8) is 0 Å². The summed E-state index contributed by atoms with van der Waals surface area (Å²) in [6.45, 7) is 5.45. The Labute approximate surface area is 228 Å². The van der Waals surface area contributed by atoms with Crippen LogP contribution in [-0.4, -0.2) is 67.2 Å². The summed E-state index contributed by atoms with van der Waals surface area (Å²) in [5, 5.41) is 16.3. The molecule has 0 amide bonds. The van der Waals surface area contributed by atoms with Gasteiger partial charge in [-0.05, 0) is 51.0 Å². The van der Waals surface area contributed by atoms with E-state index in [9.17, 15) is 13.5 Å². The van der Waals surface area contributed by atoms with Crippen LogP contribution >= 0.6 is 11.6 Å². The molecular formula is C26H33ClN6O4S. The van der Waals surface area contributed by atoms with E-state index in [0.717, 1.165) is 35.9 Å². The third-order valence-corrected chi connectivity index (χ3v) is 8.20. The van der Waals surface area contributed by atoms with E-state index in [1.54, 1.807) is 18.2 Å². The molecule has 0 atom stereocenters. The summed E-state index contributed by atoms with van der Waals surface area (Å²) in [7, 11) is -0.749. The molecule has 1 aliphatic heterocycles. The molecule has 38 heavy (non-hydrogen) atoms. The summed E-state index contributed by atoms with van der Waals surface area (Å²) in [6.07, 6.45) is 2.59. The van der Waals surface area contributed by atoms with Crippen molar-refractivity contribution in [2.75, 3.05) is 42.7 Å². The fourth-order valence-corrected chi connectivity index (χ4v) is 5.22. The third-order valence-electron chi connectivity index (χ3n) is 6.05. The van der Waals surface area contributed by atoms with Crippen molar-refractivity contribution < 1.29 is 18.3 Å². The van der Waals surface area contributed by atoms with Crippen LogP contribution in [0.4, 0.5) is 28.8 Å². The molecule has 2 aromatic carbocycles. The van der Waals surface area contributed by atoms with Crippen LogP contribution in [0, 0.1) is 0 Å². The van der Waals surface area contributed by atoms with Crippen molar-refractivity contribution in [1.29, 1.82) is 0 Å². The zero-order valence-corrected chi connectivity index (χ0v) is 23.4. The van der Waals surface area contributed by atoms with Gasteiger partial charge in [-0.1, -0.05) is 23.7 Å². The lowest BCUT2D eigenvalue weighted by Gasteiger charge is -2.32. The zero-order valence-electron chi connectivity index (χ0n) is 21.8. The summed E-state index contributed by atoms with van der Waals surface area (Å²) >= 11 is 6.37. The number of sulfonamides is 1. The number of para-hydroxylation sites is 1. The number of nitrogens with one attached hydrogen (secondary N) is 2. The zero-order chi connectivity index (χ0) is 27.4. The minimum absolute atomic E-state index is 0.0625. The lowest BCUT2D eigenvalue weighted by atomic mass is 10.1. The molecule has 0 bridgehead atoms. The largest absolute Gasteiger partial charge is 0.489 e. The summed E-state index contributed by atoms with van der Waals surface area (Å²) in [4.78, 5) is 11.1. The monoisotopic (exact) mass is 560 g/mol. The van der Waals surface area contributed by atoms with E-state index < -0.39 is 10.0 Å². The maximum atomic E-state index is 12.8. The van der Waals surface area contributed by atoms with Gasteiger partial charge in [0.05, 0.1) is 29.8 Å². The molecule has 0 aliphatic carbocycles. The summed E-state index contributed by atoms with van der Waals surface area (Å²) in [5.41, 5.74) is 2.02. The van der Waals surface area contributed by atoms with Gasteiger partial charge in [0.15, 0.2) is 5.82 Å². The second-order valence-electron chi connectivity index (χ2n) is 9.49. The number of anilines is 5. The maximum absolute atomic E-state index is 12.8. The molecule has 1 saturated heterocycles. The molecule has 0 unspecified atom stereocenters. The van der Waals surface area contributed by atoms with Gasteiger partial charge >= 0.3 is 0 Å². The highest BCUT2D eigenvalue weighted by atomic mass is 35.5. The minimum atomic E-state index is -3.70. The Kier molecular flexibility index (Phi) is 8.61. The maximum Gasteiger partial charge on any atom is 0.244 e. The van der Waals surface area contributed by atoms with Gasteiger partial charge in [-0.15, -0.1) is 0 Å². The van der Waals surface area contributed by atoms with Gasteiger partial charge in [0.2, 0.25) is 16.0 Å². The van der Waals surface area contributed by atoms with E-state index in [1.807, 2.05) is 32.0 Å². The average Bonchev–Trinajstić information content (AvgIpc) is 2.87. The number of piperidine rings is 1. The Hall–Kier alpha value is -3.12. The lowest BCUT2D eigenvalue weighted by molar-refractivity contribution is 0.145. The number of rotatable bonds is 9. The van der Waals surface area contributed by atoms with Gasteiger partial charge in [0.25, 0.3) is 0 Å². The normalized spacial score (nSPS) is 14.7. The number of nitrogens with zero attached hydrogens (tertiary/aromatic N) is 4. The fraction of sp³-hybridized carbons (Fsp3) is 0.385. The number of aliphatic hydroxyl groups is 1. The van der Waals surface area contributed by atoms with Crippen LogP contribution in [-0.2, 0) is 10.0 Å². The van der Waals surface area contributed by atoms with E-state index in [4.69, 9.17) is 16.3 Å². The minimum Gasteiger partial charge on any atom is -0.489 e. The highest BCUT2D eigenvalue weighted by molar-refractivity contribution is 7.89. The molecule has 3 N–H and O–H groups in total. The smallest absolute Gasteiger partial charge is 0.244 e. The number of hydrogen-bond acceptors (Lipinski definition) is 9. The molecule has 0 saturated carbocycles. The molecule has 0 spiro atoms. The fourth-order valence-electron chi connectivity index (χ4n) is 4.04. The number of ether oxygens (including phenoxy) is 1. The van der Waals surface area contributed by atoms with E-state index in [1.165, 1.54) is 26.4 Å². The first-order chi connectivity index (χ1) is 18.0. The third kappa shape index (κ3) is 6.47. The number of halogens is 1. The molecule has 2 heterocycles. The van der Waals surface area contributed by atoms with Crippen molar-refractivity contribution in [2.45, 2.75) is 43.8 Å². The molecular weight excluding hydrogens is 528 g/mol. The Bertz CT molecular complexity index is 1380. The van der Waals surface area contributed by atoms with Crippen molar-refractivity contribution in [1.82, 2.24) is 14.3 Å². The SMILES string of the molecule is CC(C)Oc1cc(N2CCC(O)CC2)ccc1Nc1ncc(Cl)c(Nc2ccccc2S(=O)(=O)N(C)C)n1. The standard InChI is InChI=1S/C26H33ClN6O4S/c1-17(2)37-23-15-18(33-13-11-19(34)12-14-33)9-10-21(23)30-26-28-16-20(27)25(31-26)29-22-7-5-6-8-24(22)38(35,36)32(3)4/h5-10,15-17,19,34H,11-14H2,1-4H3,(H2,28,29,30,31). The van der Waals surface area contributed by atoms with Crippen LogP contribution in [0.5, 0.6) is 5.75 Å². The highest BCUT2D eigenvalue weighted by Crippen LogP contribution is 2.35. The van der Waals surface area contributed by atoms with Crippen molar-refractivity contribution in [2.24, 2.45) is 0 Å². The van der Waals surface area contributed by atoms with Gasteiger partial charge in [0, 0.05) is 38.9 Å². The number of aromatic nitrogens is 2. The molecule has 1 aromatic heterocycles. The van der Waals surface area contributed by atoms with Crippen molar-refractivity contribution >= 4 is 50.5 Å². The van der Waals surface area contributed by atoms with Crippen LogP contribution in [0.15, 0.2) is 53.6 Å². The van der Waals surface area contributed by atoms with Crippen molar-refractivity contribution in [3.05, 3.63) is 53.7 Å². The number of benzene rings is 2. The summed E-state index contributed by atoms with van der Waals surface area (Å²) < 4.78 is 32.8. The van der Waals surface area contributed by atoms with Crippen LogP contribution in [0.2, 0.25) is 5.02 Å². The second-order valence-corrected chi connectivity index (χ2v) is 12.0. The van der Waals surface area contributed by atoms with Gasteiger partial charge in [-0.2, -0.15) is 4.98 Å². The van der Waals surface area contributed by atoms with Crippen LogP contribution in [0.3, 0.4) is 0 Å². The van der Waals surface area contributed by atoms with Gasteiger partial charge in [0.1, 0.15) is 15.7 Å². The second kappa shape index (κ2) is 11.7. The van der Waals surface area contributed by atoms with Gasteiger partial charge < -0.3 is 25.4 Å². The topological polar surface area (TPSA) is 120 Å². The predicted octanol–water partition coefficient (Wildman–Crippen LogP) is 4.62. The molecule has 1 aliphatic rings. The van der Waals surface area contributed by atoms with E-state index >= 15 is 0 Å². The Morgan fingerprint density at radius 1 is 1.11 bits per heavy atom. The van der Waals surface area contributed by atoms with Gasteiger partial charge in [-0.25, -0.2) is 17.7 Å². The number of aliphatic hydroxyl groups excluding tert-OH is 1. The number of hydrogen-bond donors (Lipinski definition) is 3. The first-order valence-electron chi connectivity index (χ1n) is 12.4. The molecule has 3 aromatic rings. The van der Waals surface area contributed by atoms with Crippen LogP contribution in [0.25, 0.3) is 0 Å². The van der Waals surface area contributed by atoms with E-state index in [2.05, 4.69) is 25.5 Å². The average molecular weight is 561 g/mol. The summed E-state index contributed by atoms with van der Waals surface area (Å²) in [5.74, 6) is 1.15. The highest BCUT2D eigenvalue weighted by Gasteiger charge is 2.22. The molecule has 12 heteroatoms. The molecule has 4 rings (SSSR count).